The molecule has 0 saturated carbocycles. The highest BCUT2D eigenvalue weighted by atomic mass is 35.5. The number of pyridine rings is 1. The SMILES string of the molecule is CC(C)Oc1cccc(C(O)CNC(=O)c2ccc(Cl)nc2)c1. The van der Waals surface area contributed by atoms with Crippen molar-refractivity contribution in [2.75, 3.05) is 6.54 Å². The summed E-state index contributed by atoms with van der Waals surface area (Å²) in [5, 5.41) is 13.2. The normalized spacial score (nSPS) is 12.0. The molecule has 2 N–H and O–H groups in total. The summed E-state index contributed by atoms with van der Waals surface area (Å²) in [5.74, 6) is 0.368. The molecular formula is C17H19ClN2O3. The number of aliphatic hydroxyl groups excluding tert-OH is 1. The van der Waals surface area contributed by atoms with E-state index in [9.17, 15) is 9.90 Å². The van der Waals surface area contributed by atoms with Crippen molar-refractivity contribution >= 4 is 17.5 Å². The fourth-order valence-corrected chi connectivity index (χ4v) is 2.10. The van der Waals surface area contributed by atoms with Crippen molar-refractivity contribution in [3.8, 4) is 5.75 Å². The number of ether oxygens (including phenoxy) is 1. The molecule has 5 nitrogen and oxygen atoms in total. The summed E-state index contributed by atoms with van der Waals surface area (Å²) in [5.41, 5.74) is 1.07. The lowest BCUT2D eigenvalue weighted by molar-refractivity contribution is 0.0916. The van der Waals surface area contributed by atoms with Gasteiger partial charge in [0.2, 0.25) is 0 Å². The Bertz CT molecular complexity index is 659. The number of nitrogens with one attached hydrogen (secondary N) is 1. The quantitative estimate of drug-likeness (QED) is 0.797. The molecule has 1 unspecified atom stereocenters. The van der Waals surface area contributed by atoms with Gasteiger partial charge in [0, 0.05) is 12.7 Å². The zero-order valence-corrected chi connectivity index (χ0v) is 13.7. The molecule has 0 radical (unpaired) electrons. The highest BCUT2D eigenvalue weighted by Gasteiger charge is 2.12. The van der Waals surface area contributed by atoms with Crippen LogP contribution in [0.1, 0.15) is 35.9 Å². The first-order valence-electron chi connectivity index (χ1n) is 7.30. The Kier molecular flexibility index (Phi) is 5.96. The van der Waals surface area contributed by atoms with Gasteiger partial charge < -0.3 is 15.2 Å². The number of carbonyl (C=O) groups excluding carboxylic acids is 1. The van der Waals surface area contributed by atoms with Crippen LogP contribution < -0.4 is 10.1 Å². The maximum atomic E-state index is 12.0. The molecule has 0 aliphatic carbocycles. The number of benzene rings is 1. The number of amides is 1. The van der Waals surface area contributed by atoms with Crippen molar-refractivity contribution in [1.29, 1.82) is 0 Å². The predicted molar refractivity (Wildman–Crippen MR) is 88.7 cm³/mol. The van der Waals surface area contributed by atoms with Gasteiger partial charge in [0.25, 0.3) is 5.91 Å². The van der Waals surface area contributed by atoms with Gasteiger partial charge in [-0.15, -0.1) is 0 Å². The summed E-state index contributed by atoms with van der Waals surface area (Å²) < 4.78 is 5.59. The number of hydrogen-bond donors (Lipinski definition) is 2. The second kappa shape index (κ2) is 7.94. The van der Waals surface area contributed by atoms with Gasteiger partial charge in [0.15, 0.2) is 0 Å². The highest BCUT2D eigenvalue weighted by Crippen LogP contribution is 2.20. The van der Waals surface area contributed by atoms with Gasteiger partial charge in [-0.1, -0.05) is 23.7 Å². The van der Waals surface area contributed by atoms with Gasteiger partial charge in [-0.05, 0) is 43.7 Å². The Morgan fingerprint density at radius 2 is 2.13 bits per heavy atom. The van der Waals surface area contributed by atoms with Gasteiger partial charge in [-0.3, -0.25) is 4.79 Å². The zero-order valence-electron chi connectivity index (χ0n) is 13.0. The Hall–Kier alpha value is -2.11. The first-order chi connectivity index (χ1) is 11.0. The molecule has 1 atom stereocenters. The van der Waals surface area contributed by atoms with Gasteiger partial charge in [-0.25, -0.2) is 4.98 Å². The van der Waals surface area contributed by atoms with Crippen molar-refractivity contribution in [3.63, 3.8) is 0 Å². The van der Waals surface area contributed by atoms with Gasteiger partial charge >= 0.3 is 0 Å². The van der Waals surface area contributed by atoms with E-state index < -0.39 is 6.10 Å². The summed E-state index contributed by atoms with van der Waals surface area (Å²) in [6.07, 6.45) is 0.621. The molecular weight excluding hydrogens is 316 g/mol. The molecule has 0 fully saturated rings. The van der Waals surface area contributed by atoms with Crippen molar-refractivity contribution in [2.45, 2.75) is 26.1 Å². The fraction of sp³-hybridized carbons (Fsp3) is 0.294. The molecule has 0 saturated heterocycles. The molecule has 1 amide bonds. The number of nitrogens with zero attached hydrogens (tertiary/aromatic N) is 1. The highest BCUT2D eigenvalue weighted by molar-refractivity contribution is 6.29. The van der Waals surface area contributed by atoms with Crippen molar-refractivity contribution < 1.29 is 14.6 Å². The van der Waals surface area contributed by atoms with Crippen LogP contribution in [0.4, 0.5) is 0 Å². The van der Waals surface area contributed by atoms with E-state index in [2.05, 4.69) is 10.3 Å². The van der Waals surface area contributed by atoms with E-state index in [1.807, 2.05) is 19.9 Å². The number of rotatable bonds is 6. The Morgan fingerprint density at radius 1 is 1.35 bits per heavy atom. The van der Waals surface area contributed by atoms with Crippen LogP contribution in [-0.2, 0) is 0 Å². The zero-order chi connectivity index (χ0) is 16.8. The van der Waals surface area contributed by atoms with Crippen LogP contribution in [0.5, 0.6) is 5.75 Å². The summed E-state index contributed by atoms with van der Waals surface area (Å²) in [6, 6.07) is 10.3. The van der Waals surface area contributed by atoms with Crippen LogP contribution in [0, 0.1) is 0 Å². The van der Waals surface area contributed by atoms with E-state index in [-0.39, 0.29) is 18.6 Å². The molecule has 1 aromatic heterocycles. The number of carbonyl (C=O) groups is 1. The van der Waals surface area contributed by atoms with Crippen LogP contribution in [0.3, 0.4) is 0 Å². The van der Waals surface area contributed by atoms with E-state index in [4.69, 9.17) is 16.3 Å². The van der Waals surface area contributed by atoms with Crippen LogP contribution in [-0.4, -0.2) is 28.6 Å². The summed E-state index contributed by atoms with van der Waals surface area (Å²) in [6.45, 7) is 3.96. The second-order valence-corrected chi connectivity index (χ2v) is 5.72. The Morgan fingerprint density at radius 3 is 2.78 bits per heavy atom. The largest absolute Gasteiger partial charge is 0.491 e. The van der Waals surface area contributed by atoms with E-state index in [0.29, 0.717) is 22.0 Å². The molecule has 2 aromatic rings. The molecule has 23 heavy (non-hydrogen) atoms. The third-order valence-corrected chi connectivity index (χ3v) is 3.28. The molecule has 122 valence electrons. The Labute approximate surface area is 140 Å². The topological polar surface area (TPSA) is 71.5 Å². The third kappa shape index (κ3) is 5.23. The fourth-order valence-electron chi connectivity index (χ4n) is 1.99. The summed E-state index contributed by atoms with van der Waals surface area (Å²) >= 11 is 5.68. The minimum Gasteiger partial charge on any atom is -0.491 e. The standard InChI is InChI=1S/C17H19ClN2O3/c1-11(2)23-14-5-3-4-12(8-14)15(21)10-20-17(22)13-6-7-16(18)19-9-13/h3-9,11,15,21H,10H2,1-2H3,(H,20,22). The van der Waals surface area contributed by atoms with Crippen molar-refractivity contribution in [1.82, 2.24) is 10.3 Å². The lowest BCUT2D eigenvalue weighted by Gasteiger charge is -2.15. The van der Waals surface area contributed by atoms with E-state index >= 15 is 0 Å². The van der Waals surface area contributed by atoms with Crippen LogP contribution in [0.25, 0.3) is 0 Å². The molecule has 0 spiro atoms. The number of aliphatic hydroxyl groups is 1. The maximum Gasteiger partial charge on any atom is 0.252 e. The number of hydrogen-bond acceptors (Lipinski definition) is 4. The average molecular weight is 335 g/mol. The molecule has 0 bridgehead atoms. The lowest BCUT2D eigenvalue weighted by atomic mass is 10.1. The predicted octanol–water partition coefficient (Wildman–Crippen LogP) is 2.99. The van der Waals surface area contributed by atoms with Crippen LogP contribution >= 0.6 is 11.6 Å². The smallest absolute Gasteiger partial charge is 0.252 e. The van der Waals surface area contributed by atoms with Gasteiger partial charge in [-0.2, -0.15) is 0 Å². The van der Waals surface area contributed by atoms with Crippen LogP contribution in [0.2, 0.25) is 5.15 Å². The summed E-state index contributed by atoms with van der Waals surface area (Å²) in [4.78, 5) is 15.8. The Balaban J connectivity index is 1.95. The van der Waals surface area contributed by atoms with E-state index in [0.717, 1.165) is 0 Å². The molecule has 1 aromatic carbocycles. The van der Waals surface area contributed by atoms with Crippen molar-refractivity contribution in [3.05, 3.63) is 58.9 Å². The molecule has 0 aliphatic heterocycles. The van der Waals surface area contributed by atoms with Gasteiger partial charge in [0.05, 0.1) is 17.8 Å². The average Bonchev–Trinajstić information content (AvgIpc) is 2.52. The van der Waals surface area contributed by atoms with Gasteiger partial charge in [0.1, 0.15) is 10.9 Å². The molecule has 0 aliphatic rings. The number of aromatic nitrogens is 1. The monoisotopic (exact) mass is 334 g/mol. The minimum absolute atomic E-state index is 0.0551. The lowest BCUT2D eigenvalue weighted by Crippen LogP contribution is -2.28. The number of halogens is 1. The molecule has 6 heteroatoms. The summed E-state index contributed by atoms with van der Waals surface area (Å²) in [7, 11) is 0. The minimum atomic E-state index is -0.824. The van der Waals surface area contributed by atoms with E-state index in [1.54, 1.807) is 30.3 Å². The van der Waals surface area contributed by atoms with Crippen LogP contribution in [0.15, 0.2) is 42.6 Å². The first kappa shape index (κ1) is 17.2. The van der Waals surface area contributed by atoms with Crippen molar-refractivity contribution in [2.24, 2.45) is 0 Å². The molecule has 1 heterocycles. The third-order valence-electron chi connectivity index (χ3n) is 3.06. The van der Waals surface area contributed by atoms with E-state index in [1.165, 1.54) is 6.20 Å². The first-order valence-corrected chi connectivity index (χ1v) is 7.68. The second-order valence-electron chi connectivity index (χ2n) is 5.33. The maximum absolute atomic E-state index is 12.0. The molecule has 2 rings (SSSR count).